The van der Waals surface area contributed by atoms with Crippen LogP contribution >= 0.6 is 22.9 Å². The molecular formula is C24H25ClN5O3S+. The minimum atomic E-state index is -0.215. The number of piperidine rings is 1. The molecule has 8 nitrogen and oxygen atoms in total. The molecule has 1 amide bonds. The number of nitrogens with two attached hydrogens (primary N) is 1. The van der Waals surface area contributed by atoms with Crippen molar-refractivity contribution < 1.29 is 19.0 Å². The molecule has 1 aromatic carbocycles. The Morgan fingerprint density at radius 3 is 2.82 bits per heavy atom. The van der Waals surface area contributed by atoms with Crippen LogP contribution in [-0.2, 0) is 11.3 Å². The van der Waals surface area contributed by atoms with Gasteiger partial charge in [-0.3, -0.25) is 4.99 Å². The maximum Gasteiger partial charge on any atom is 0.514 e. The van der Waals surface area contributed by atoms with Crippen molar-refractivity contribution in [2.75, 3.05) is 20.2 Å². The summed E-state index contributed by atoms with van der Waals surface area (Å²) in [6.45, 7) is 1.86. The van der Waals surface area contributed by atoms with Crippen molar-refractivity contribution in [3.8, 4) is 10.6 Å². The number of rotatable bonds is 5. The van der Waals surface area contributed by atoms with E-state index in [1.54, 1.807) is 0 Å². The minimum absolute atomic E-state index is 0.0714. The van der Waals surface area contributed by atoms with E-state index >= 15 is 0 Å². The van der Waals surface area contributed by atoms with E-state index < -0.39 is 0 Å². The van der Waals surface area contributed by atoms with Gasteiger partial charge < -0.3 is 19.6 Å². The number of likely N-dealkylation sites (tertiary alicyclic amines) is 1. The maximum absolute atomic E-state index is 11.8. The van der Waals surface area contributed by atoms with Crippen LogP contribution in [0.4, 0.5) is 4.79 Å². The van der Waals surface area contributed by atoms with E-state index in [0.717, 1.165) is 44.9 Å². The van der Waals surface area contributed by atoms with Gasteiger partial charge in [0, 0.05) is 29.8 Å². The monoisotopic (exact) mass is 498 g/mol. The number of thiophene rings is 1. The number of aromatic nitrogens is 2. The normalized spacial score (nSPS) is 18.9. The van der Waals surface area contributed by atoms with E-state index in [-0.39, 0.29) is 12.1 Å². The number of hydrogen-bond donors (Lipinski definition) is 2. The fourth-order valence-electron chi connectivity index (χ4n) is 4.40. The predicted molar refractivity (Wildman–Crippen MR) is 133 cm³/mol. The molecule has 5 rings (SSSR count). The number of carbonyl (C=O) groups excluding carboxylic acids is 1. The summed E-state index contributed by atoms with van der Waals surface area (Å²) in [6.07, 6.45) is 1.34. The number of aliphatic imine (C=N–C) groups is 1. The quantitative estimate of drug-likeness (QED) is 0.323. The molecule has 176 valence electrons. The Labute approximate surface area is 205 Å². The number of carbonyl (C=O) groups is 1. The first-order valence-electron chi connectivity index (χ1n) is 11.1. The van der Waals surface area contributed by atoms with Gasteiger partial charge >= 0.3 is 6.09 Å². The summed E-state index contributed by atoms with van der Waals surface area (Å²) in [6, 6.07) is 16.0. The minimum Gasteiger partial charge on any atom is -0.423 e. The molecule has 0 radical (unpaired) electrons. The SMILES string of the molecule is COC(=O)[NH+]1CCC(N=C(N)c2cc3ccccc3n2Cc2cc(-c3ccc(Cl)s3)on2)CC1. The second kappa shape index (κ2) is 9.61. The van der Waals surface area contributed by atoms with E-state index in [1.165, 1.54) is 18.4 Å². The van der Waals surface area contributed by atoms with Gasteiger partial charge in [-0.25, -0.2) is 4.90 Å². The van der Waals surface area contributed by atoms with Gasteiger partial charge in [0.2, 0.25) is 0 Å². The van der Waals surface area contributed by atoms with Gasteiger partial charge in [-0.05, 0) is 24.3 Å². The molecule has 4 aromatic rings. The van der Waals surface area contributed by atoms with Gasteiger partial charge in [-0.15, -0.1) is 11.3 Å². The summed E-state index contributed by atoms with van der Waals surface area (Å²) in [5.41, 5.74) is 9.21. The summed E-state index contributed by atoms with van der Waals surface area (Å²) in [5.74, 6) is 1.17. The van der Waals surface area contributed by atoms with Crippen LogP contribution in [0.15, 0.2) is 58.0 Å². The van der Waals surface area contributed by atoms with E-state index in [1.807, 2.05) is 30.3 Å². The number of halogens is 1. The highest BCUT2D eigenvalue weighted by atomic mass is 35.5. The lowest BCUT2D eigenvalue weighted by Gasteiger charge is -2.24. The predicted octanol–water partition coefficient (Wildman–Crippen LogP) is 3.58. The van der Waals surface area contributed by atoms with Gasteiger partial charge in [0.25, 0.3) is 0 Å². The number of fused-ring (bicyclic) bond motifs is 1. The van der Waals surface area contributed by atoms with Crippen LogP contribution in [0.5, 0.6) is 0 Å². The van der Waals surface area contributed by atoms with Crippen molar-refractivity contribution in [1.29, 1.82) is 0 Å². The highest BCUT2D eigenvalue weighted by Crippen LogP contribution is 2.32. The number of nitrogens with one attached hydrogen (secondary N) is 1. The Morgan fingerprint density at radius 1 is 1.29 bits per heavy atom. The first-order valence-corrected chi connectivity index (χ1v) is 12.3. The molecular weight excluding hydrogens is 474 g/mol. The number of hydrogen-bond acceptors (Lipinski definition) is 6. The molecule has 34 heavy (non-hydrogen) atoms. The van der Waals surface area contributed by atoms with Crippen LogP contribution in [0.1, 0.15) is 24.2 Å². The Hall–Kier alpha value is -3.14. The first kappa shape index (κ1) is 22.6. The van der Waals surface area contributed by atoms with Crippen LogP contribution in [0.3, 0.4) is 0 Å². The Kier molecular flexibility index (Phi) is 6.40. The zero-order chi connectivity index (χ0) is 23.7. The fourth-order valence-corrected chi connectivity index (χ4v) is 5.39. The molecule has 0 bridgehead atoms. The van der Waals surface area contributed by atoms with Gasteiger partial charge in [0.1, 0.15) is 11.5 Å². The molecule has 0 unspecified atom stereocenters. The van der Waals surface area contributed by atoms with Crippen molar-refractivity contribution in [2.45, 2.75) is 25.4 Å². The molecule has 10 heteroatoms. The molecule has 0 atom stereocenters. The average Bonchev–Trinajstić information content (AvgIpc) is 3.58. The molecule has 0 aliphatic carbocycles. The smallest absolute Gasteiger partial charge is 0.423 e. The van der Waals surface area contributed by atoms with Crippen molar-refractivity contribution in [3.63, 3.8) is 0 Å². The number of methoxy groups -OCH3 is 1. The third kappa shape index (κ3) is 4.59. The lowest BCUT2D eigenvalue weighted by Crippen LogP contribution is -3.15. The molecule has 0 saturated carbocycles. The van der Waals surface area contributed by atoms with Crippen molar-refractivity contribution in [1.82, 2.24) is 9.72 Å². The Bertz CT molecular complexity index is 1350. The van der Waals surface area contributed by atoms with E-state index in [0.29, 0.717) is 35.6 Å². The van der Waals surface area contributed by atoms with Crippen molar-refractivity contribution in [3.05, 3.63) is 64.3 Å². The zero-order valence-electron chi connectivity index (χ0n) is 18.7. The number of alkyl carbamates (subject to hydrolysis) is 2. The van der Waals surface area contributed by atoms with Gasteiger partial charge in [-0.2, -0.15) is 4.79 Å². The van der Waals surface area contributed by atoms with E-state index in [4.69, 9.17) is 31.6 Å². The lowest BCUT2D eigenvalue weighted by molar-refractivity contribution is -0.829. The zero-order valence-corrected chi connectivity index (χ0v) is 20.2. The second-order valence-electron chi connectivity index (χ2n) is 8.30. The topological polar surface area (TPSA) is 100 Å². The lowest BCUT2D eigenvalue weighted by atomic mass is 10.1. The maximum atomic E-state index is 11.8. The summed E-state index contributed by atoms with van der Waals surface area (Å²) in [5, 5.41) is 5.35. The van der Waals surface area contributed by atoms with Gasteiger partial charge in [0.15, 0.2) is 5.76 Å². The highest BCUT2D eigenvalue weighted by Gasteiger charge is 2.28. The average molecular weight is 499 g/mol. The molecule has 3 N–H and O–H groups in total. The van der Waals surface area contributed by atoms with E-state index in [2.05, 4.69) is 27.9 Å². The standard InChI is InChI=1S/C24H24ClN5O3S/c1-32-24(31)29-10-8-16(9-11-29)27-23(26)19-12-15-4-2-3-5-18(15)30(19)14-17-13-20(33-28-17)21-6-7-22(25)34-21/h2-7,12-13,16H,8-11,14H2,1H3,(H2,26,27)/p+1. The molecule has 1 fully saturated rings. The Balaban J connectivity index is 1.41. The molecule has 1 aliphatic heterocycles. The van der Waals surface area contributed by atoms with Crippen LogP contribution < -0.4 is 10.6 Å². The molecule has 4 heterocycles. The number of para-hydroxylation sites is 1. The number of amides is 1. The van der Waals surface area contributed by atoms with Crippen molar-refractivity contribution in [2.24, 2.45) is 10.7 Å². The summed E-state index contributed by atoms with van der Waals surface area (Å²) >= 11 is 7.52. The third-order valence-electron chi connectivity index (χ3n) is 6.12. The number of benzene rings is 1. The molecule has 1 aliphatic rings. The van der Waals surface area contributed by atoms with Gasteiger partial charge in [0.05, 0.1) is 47.7 Å². The number of ether oxygens (including phenoxy) is 1. The molecule has 3 aromatic heterocycles. The number of quaternary nitrogens is 1. The van der Waals surface area contributed by atoms with Crippen LogP contribution in [0.2, 0.25) is 4.34 Å². The molecule has 1 saturated heterocycles. The largest absolute Gasteiger partial charge is 0.514 e. The highest BCUT2D eigenvalue weighted by molar-refractivity contribution is 7.19. The van der Waals surface area contributed by atoms with Gasteiger partial charge in [-0.1, -0.05) is 35.0 Å². The fraction of sp³-hybridized carbons (Fsp3) is 0.292. The second-order valence-corrected chi connectivity index (χ2v) is 10.0. The van der Waals surface area contributed by atoms with Crippen LogP contribution in [0.25, 0.3) is 21.5 Å². The number of nitrogens with zero attached hydrogens (tertiary/aromatic N) is 3. The summed E-state index contributed by atoms with van der Waals surface area (Å²) < 4.78 is 13.2. The summed E-state index contributed by atoms with van der Waals surface area (Å²) in [4.78, 5) is 18.4. The summed E-state index contributed by atoms with van der Waals surface area (Å²) in [7, 11) is 1.42. The van der Waals surface area contributed by atoms with Crippen LogP contribution in [-0.4, -0.2) is 47.9 Å². The Morgan fingerprint density at radius 2 is 2.09 bits per heavy atom. The first-order chi connectivity index (χ1) is 16.5. The van der Waals surface area contributed by atoms with Crippen molar-refractivity contribution >= 4 is 45.8 Å². The van der Waals surface area contributed by atoms with E-state index in [9.17, 15) is 4.79 Å². The third-order valence-corrected chi connectivity index (χ3v) is 7.37. The number of amidine groups is 1. The molecule has 0 spiro atoms. The van der Waals surface area contributed by atoms with Crippen LogP contribution in [0, 0.1) is 0 Å².